The topological polar surface area (TPSA) is 82.4 Å². The van der Waals surface area contributed by atoms with Crippen LogP contribution in [0.5, 0.6) is 23.1 Å². The van der Waals surface area contributed by atoms with E-state index in [1.165, 1.54) is 15.4 Å². The van der Waals surface area contributed by atoms with Crippen molar-refractivity contribution >= 4 is 45.9 Å². The second kappa shape index (κ2) is 11.3. The molecule has 1 fully saturated rings. The van der Waals surface area contributed by atoms with Crippen LogP contribution < -0.4 is 19.8 Å². The Morgan fingerprint density at radius 3 is 2.59 bits per heavy atom. The fourth-order valence-corrected chi connectivity index (χ4v) is 5.47. The molecule has 2 aromatic carbocycles. The average Bonchev–Trinajstić information content (AvgIpc) is 3.21. The van der Waals surface area contributed by atoms with E-state index in [-0.39, 0.29) is 22.9 Å². The largest absolute Gasteiger partial charge is 0.493 e. The first kappa shape index (κ1) is 26.5. The molecule has 8 nitrogen and oxygen atoms in total. The summed E-state index contributed by atoms with van der Waals surface area (Å²) in [5, 5.41) is 0. The van der Waals surface area contributed by atoms with Crippen molar-refractivity contribution in [1.82, 2.24) is 14.3 Å². The van der Waals surface area contributed by atoms with Crippen LogP contribution in [0.15, 0.2) is 76.6 Å². The Kier molecular flexibility index (Phi) is 7.67. The number of carbonyl (C=O) groups is 1. The molecule has 0 N–H and O–H groups in total. The number of aromatic nitrogens is 2. The van der Waals surface area contributed by atoms with Gasteiger partial charge in [0.25, 0.3) is 11.5 Å². The summed E-state index contributed by atoms with van der Waals surface area (Å²) in [6.07, 6.45) is 3.71. The lowest BCUT2D eigenvalue weighted by atomic mass is 10.1. The zero-order valence-corrected chi connectivity index (χ0v) is 23.2. The number of carbonyl (C=O) groups excluding carboxylic acids is 1. The standard InChI is InChI=1S/C29H25N3O5S2/c1-18-7-6-8-20(15-18)37-26-21(27(33)31-13-5-4-9-25(31)30-26)17-24-28(34)32(29(38)39-24)14-12-19-10-11-22(35-2)23(16-19)36-3/h4-11,13,15-17H,12,14H2,1-3H3/b24-17+. The van der Waals surface area contributed by atoms with E-state index in [1.54, 1.807) is 44.7 Å². The summed E-state index contributed by atoms with van der Waals surface area (Å²) in [7, 11) is 3.16. The van der Waals surface area contributed by atoms with Gasteiger partial charge in [0.15, 0.2) is 11.5 Å². The van der Waals surface area contributed by atoms with Crippen LogP contribution in [0.1, 0.15) is 16.7 Å². The highest BCUT2D eigenvalue weighted by Crippen LogP contribution is 2.35. The number of hydrogen-bond donors (Lipinski definition) is 0. The monoisotopic (exact) mass is 559 g/mol. The third-order valence-electron chi connectivity index (χ3n) is 6.16. The van der Waals surface area contributed by atoms with Crippen molar-refractivity contribution in [3.8, 4) is 23.1 Å². The number of rotatable bonds is 8. The third-order valence-corrected chi connectivity index (χ3v) is 7.54. The molecule has 1 amide bonds. The van der Waals surface area contributed by atoms with Gasteiger partial charge in [-0.2, -0.15) is 4.98 Å². The van der Waals surface area contributed by atoms with Crippen molar-refractivity contribution in [1.29, 1.82) is 0 Å². The van der Waals surface area contributed by atoms with E-state index in [2.05, 4.69) is 4.98 Å². The third kappa shape index (κ3) is 5.52. The molecule has 0 radical (unpaired) electrons. The molecule has 4 aromatic rings. The van der Waals surface area contributed by atoms with Crippen molar-refractivity contribution in [3.63, 3.8) is 0 Å². The molecule has 0 unspecified atom stereocenters. The summed E-state index contributed by atoms with van der Waals surface area (Å²) in [5.74, 6) is 1.63. The predicted octanol–water partition coefficient (Wildman–Crippen LogP) is 5.26. The second-order valence-corrected chi connectivity index (χ2v) is 10.4. The Morgan fingerprint density at radius 2 is 1.82 bits per heavy atom. The summed E-state index contributed by atoms with van der Waals surface area (Å²) >= 11 is 6.68. The molecule has 198 valence electrons. The van der Waals surface area contributed by atoms with Crippen molar-refractivity contribution in [2.45, 2.75) is 13.3 Å². The lowest BCUT2D eigenvalue weighted by Crippen LogP contribution is -2.30. The van der Waals surface area contributed by atoms with Gasteiger partial charge in [-0.1, -0.05) is 48.2 Å². The maximum Gasteiger partial charge on any atom is 0.269 e. The molecular weight excluding hydrogens is 534 g/mol. The number of thiocarbonyl (C=S) groups is 1. The van der Waals surface area contributed by atoms with E-state index in [1.807, 2.05) is 43.3 Å². The van der Waals surface area contributed by atoms with E-state index in [0.29, 0.717) is 45.1 Å². The van der Waals surface area contributed by atoms with E-state index in [9.17, 15) is 9.59 Å². The quantitative estimate of drug-likeness (QED) is 0.214. The van der Waals surface area contributed by atoms with Crippen LogP contribution in [0.25, 0.3) is 11.7 Å². The lowest BCUT2D eigenvalue weighted by Gasteiger charge is -2.15. The van der Waals surface area contributed by atoms with Crippen molar-refractivity contribution in [2.75, 3.05) is 20.8 Å². The number of aryl methyl sites for hydroxylation is 1. The molecule has 1 aliphatic heterocycles. The number of fused-ring (bicyclic) bond motifs is 1. The SMILES string of the molecule is COc1ccc(CCN2C(=O)/C(=C\c3c(Oc4cccc(C)c4)nc4ccccn4c3=O)SC2=S)cc1OC. The minimum atomic E-state index is -0.348. The minimum absolute atomic E-state index is 0.118. The first-order chi connectivity index (χ1) is 18.9. The Morgan fingerprint density at radius 1 is 1.00 bits per heavy atom. The summed E-state index contributed by atoms with van der Waals surface area (Å²) in [4.78, 5) is 33.3. The van der Waals surface area contributed by atoms with Crippen LogP contribution in [0, 0.1) is 6.92 Å². The van der Waals surface area contributed by atoms with Crippen LogP contribution in [0.4, 0.5) is 0 Å². The van der Waals surface area contributed by atoms with Gasteiger partial charge >= 0.3 is 0 Å². The number of nitrogens with zero attached hydrogens (tertiary/aromatic N) is 3. The van der Waals surface area contributed by atoms with Gasteiger partial charge in [0.05, 0.1) is 19.1 Å². The molecule has 0 aliphatic carbocycles. The maximum absolute atomic E-state index is 13.5. The molecule has 0 bridgehead atoms. The Hall–Kier alpha value is -4.15. The molecule has 1 aliphatic rings. The average molecular weight is 560 g/mol. The number of ether oxygens (including phenoxy) is 3. The minimum Gasteiger partial charge on any atom is -0.493 e. The maximum atomic E-state index is 13.5. The normalized spacial score (nSPS) is 14.3. The summed E-state index contributed by atoms with van der Waals surface area (Å²) in [5.41, 5.74) is 2.22. The molecule has 3 heterocycles. The number of hydrogen-bond acceptors (Lipinski definition) is 8. The highest BCUT2D eigenvalue weighted by molar-refractivity contribution is 8.26. The molecule has 0 atom stereocenters. The van der Waals surface area contributed by atoms with Gasteiger partial charge in [0, 0.05) is 12.7 Å². The number of benzene rings is 2. The van der Waals surface area contributed by atoms with Gasteiger partial charge in [-0.25, -0.2) is 0 Å². The van der Waals surface area contributed by atoms with Crippen molar-refractivity contribution in [3.05, 3.63) is 98.8 Å². The summed E-state index contributed by atoms with van der Waals surface area (Å²) in [6, 6.07) is 18.3. The van der Waals surface area contributed by atoms with Gasteiger partial charge < -0.3 is 14.2 Å². The van der Waals surface area contributed by atoms with Gasteiger partial charge in [0.2, 0.25) is 5.88 Å². The highest BCUT2D eigenvalue weighted by Gasteiger charge is 2.32. The smallest absolute Gasteiger partial charge is 0.269 e. The zero-order chi connectivity index (χ0) is 27.5. The van der Waals surface area contributed by atoms with Crippen molar-refractivity contribution < 1.29 is 19.0 Å². The van der Waals surface area contributed by atoms with Crippen LogP contribution in [-0.2, 0) is 11.2 Å². The Bertz CT molecular complexity index is 1680. The number of thioether (sulfide) groups is 1. The van der Waals surface area contributed by atoms with Gasteiger partial charge in [-0.15, -0.1) is 0 Å². The van der Waals surface area contributed by atoms with Crippen molar-refractivity contribution in [2.24, 2.45) is 0 Å². The summed E-state index contributed by atoms with van der Waals surface area (Å²) in [6.45, 7) is 2.32. The molecular formula is C29H25N3O5S2. The lowest BCUT2D eigenvalue weighted by molar-refractivity contribution is -0.122. The van der Waals surface area contributed by atoms with Gasteiger partial charge in [0.1, 0.15) is 21.3 Å². The van der Waals surface area contributed by atoms with E-state index in [4.69, 9.17) is 26.4 Å². The zero-order valence-electron chi connectivity index (χ0n) is 21.5. The van der Waals surface area contributed by atoms with Crippen LogP contribution >= 0.6 is 24.0 Å². The molecule has 0 spiro atoms. The predicted molar refractivity (Wildman–Crippen MR) is 156 cm³/mol. The molecule has 5 rings (SSSR count). The van der Waals surface area contributed by atoms with E-state index in [0.717, 1.165) is 22.9 Å². The Labute approximate surface area is 234 Å². The van der Waals surface area contributed by atoms with Crippen LogP contribution in [0.2, 0.25) is 0 Å². The van der Waals surface area contributed by atoms with Gasteiger partial charge in [-0.3, -0.25) is 18.9 Å². The Balaban J connectivity index is 1.45. The first-order valence-electron chi connectivity index (χ1n) is 12.1. The number of pyridine rings is 1. The second-order valence-electron chi connectivity index (χ2n) is 8.76. The number of methoxy groups -OCH3 is 2. The molecule has 1 saturated heterocycles. The molecule has 10 heteroatoms. The molecule has 39 heavy (non-hydrogen) atoms. The molecule has 0 saturated carbocycles. The first-order valence-corrected chi connectivity index (χ1v) is 13.3. The van der Waals surface area contributed by atoms with Crippen LogP contribution in [-0.4, -0.2) is 45.3 Å². The van der Waals surface area contributed by atoms with Crippen LogP contribution in [0.3, 0.4) is 0 Å². The van der Waals surface area contributed by atoms with Gasteiger partial charge in [-0.05, 0) is 66.9 Å². The molecule has 2 aromatic heterocycles. The van der Waals surface area contributed by atoms with E-state index >= 15 is 0 Å². The van der Waals surface area contributed by atoms with E-state index < -0.39 is 0 Å². The highest BCUT2D eigenvalue weighted by atomic mass is 32.2. The number of amides is 1. The summed E-state index contributed by atoms with van der Waals surface area (Å²) < 4.78 is 18.6. The fourth-order valence-electron chi connectivity index (χ4n) is 4.18. The fraction of sp³-hybridized carbons (Fsp3) is 0.172.